The molecule has 3 aromatic rings. The van der Waals surface area contributed by atoms with Gasteiger partial charge in [0.05, 0.1) is 15.9 Å². The summed E-state index contributed by atoms with van der Waals surface area (Å²) in [5, 5.41) is 23.8. The lowest BCUT2D eigenvalue weighted by molar-refractivity contribution is 0.158. The summed E-state index contributed by atoms with van der Waals surface area (Å²) in [5.74, 6) is 0. The van der Waals surface area contributed by atoms with Crippen LogP contribution in [-0.2, 0) is 14.6 Å². The van der Waals surface area contributed by atoms with Crippen LogP contribution < -0.4 is 0 Å². The van der Waals surface area contributed by atoms with Crippen LogP contribution in [0.1, 0.15) is 38.8 Å². The fourth-order valence-electron chi connectivity index (χ4n) is 3.78. The molecule has 0 unspecified atom stereocenters. The van der Waals surface area contributed by atoms with Crippen LogP contribution in [0, 0.1) is 5.21 Å². The number of aromatic nitrogens is 1. The number of aliphatic hydroxyl groups is 1. The quantitative estimate of drug-likeness (QED) is 0.296. The van der Waals surface area contributed by atoms with Gasteiger partial charge in [-0.05, 0) is 101 Å². The highest BCUT2D eigenvalue weighted by Crippen LogP contribution is 2.37. The van der Waals surface area contributed by atoms with Crippen molar-refractivity contribution in [3.05, 3.63) is 89.4 Å². The second-order valence-corrected chi connectivity index (χ2v) is 14.8. The van der Waals surface area contributed by atoms with Crippen LogP contribution in [0.25, 0.3) is 27.6 Å². The highest BCUT2D eigenvalue weighted by Gasteiger charge is 2.33. The molecule has 2 heterocycles. The number of benzene rings is 2. The molecule has 1 aromatic heterocycles. The minimum Gasteiger partial charge on any atom is -0.750 e. The predicted octanol–water partition coefficient (Wildman–Crippen LogP) is 5.72. The molecule has 0 aliphatic carbocycles. The molecule has 0 fully saturated rings. The third-order valence-electron chi connectivity index (χ3n) is 6.24. The molecule has 8 heteroatoms. The van der Waals surface area contributed by atoms with Crippen molar-refractivity contribution in [2.45, 2.75) is 38.0 Å². The SMILES string of the molecule is CC(C)(O)C1=IN([O-])C=C(c2cccc(-c3cc(C(C)(C)S(C)(=O)=O)cc4cccnc34)c2)C=C1. The minimum absolute atomic E-state index is 0.689. The summed E-state index contributed by atoms with van der Waals surface area (Å²) >= 11 is -1.04. The van der Waals surface area contributed by atoms with Gasteiger partial charge >= 0.3 is 0 Å². The minimum atomic E-state index is -3.37. The maximum atomic E-state index is 12.6. The number of nitrogens with zero attached hydrogens (tertiary/aromatic N) is 2. The van der Waals surface area contributed by atoms with E-state index in [9.17, 15) is 18.7 Å². The van der Waals surface area contributed by atoms with Gasteiger partial charge in [0.1, 0.15) is 0 Å². The lowest BCUT2D eigenvalue weighted by Crippen LogP contribution is -2.28. The van der Waals surface area contributed by atoms with Crippen LogP contribution in [-0.4, -0.2) is 37.2 Å². The van der Waals surface area contributed by atoms with Crippen LogP contribution in [0.5, 0.6) is 0 Å². The lowest BCUT2D eigenvalue weighted by atomic mass is 9.92. The largest absolute Gasteiger partial charge is 0.750 e. The van der Waals surface area contributed by atoms with E-state index in [1.54, 1.807) is 40.1 Å². The fourth-order valence-corrected chi connectivity index (χ4v) is 6.20. The summed E-state index contributed by atoms with van der Waals surface area (Å²) in [5.41, 5.74) is 3.70. The normalized spacial score (nSPS) is 15.3. The van der Waals surface area contributed by atoms with Gasteiger partial charge in [-0.25, -0.2) is 8.42 Å². The number of allylic oxidation sites excluding steroid dienone is 2. The summed E-state index contributed by atoms with van der Waals surface area (Å²) in [6.07, 6.45) is 8.25. The molecule has 0 radical (unpaired) electrons. The zero-order chi connectivity index (χ0) is 25.6. The Balaban J connectivity index is 1.86. The molecule has 0 spiro atoms. The van der Waals surface area contributed by atoms with Crippen LogP contribution in [0.3, 0.4) is 0 Å². The first-order valence-corrected chi connectivity index (χ1v) is 15.0. The third kappa shape index (κ3) is 5.25. The Hall–Kier alpha value is -2.40. The molecule has 35 heavy (non-hydrogen) atoms. The first-order valence-electron chi connectivity index (χ1n) is 11.1. The molecule has 1 aliphatic heterocycles. The van der Waals surface area contributed by atoms with Crippen molar-refractivity contribution >= 4 is 50.8 Å². The zero-order valence-electron chi connectivity index (χ0n) is 20.3. The highest BCUT2D eigenvalue weighted by atomic mass is 127. The maximum Gasteiger partial charge on any atom is 0.156 e. The van der Waals surface area contributed by atoms with E-state index >= 15 is 0 Å². The van der Waals surface area contributed by atoms with Crippen LogP contribution in [0.2, 0.25) is 0 Å². The van der Waals surface area contributed by atoms with E-state index in [-0.39, 0.29) is 0 Å². The molecular weight excluding hydrogens is 575 g/mol. The van der Waals surface area contributed by atoms with E-state index in [4.69, 9.17) is 0 Å². The molecule has 1 N–H and O–H groups in total. The van der Waals surface area contributed by atoms with Gasteiger partial charge in [0.2, 0.25) is 0 Å². The predicted molar refractivity (Wildman–Crippen MR) is 153 cm³/mol. The van der Waals surface area contributed by atoms with Crippen molar-refractivity contribution in [3.63, 3.8) is 0 Å². The van der Waals surface area contributed by atoms with Gasteiger partial charge in [0.15, 0.2) is 9.84 Å². The van der Waals surface area contributed by atoms with E-state index < -0.39 is 41.2 Å². The van der Waals surface area contributed by atoms with Crippen molar-refractivity contribution in [3.8, 4) is 11.1 Å². The summed E-state index contributed by atoms with van der Waals surface area (Å²) in [4.78, 5) is 4.59. The van der Waals surface area contributed by atoms with Gasteiger partial charge in [-0.3, -0.25) is 4.98 Å². The molecule has 0 saturated carbocycles. The number of pyridine rings is 1. The van der Waals surface area contributed by atoms with E-state index in [0.717, 1.165) is 40.0 Å². The summed E-state index contributed by atoms with van der Waals surface area (Å²) < 4.78 is 25.7. The van der Waals surface area contributed by atoms with Crippen LogP contribution in [0.15, 0.2) is 73.1 Å². The molecule has 6 nitrogen and oxygen atoms in total. The number of halogens is 1. The number of fused-ring (bicyclic) bond motifs is 1. The zero-order valence-corrected chi connectivity index (χ0v) is 23.3. The first kappa shape index (κ1) is 25.7. The Labute approximate surface area is 216 Å². The van der Waals surface area contributed by atoms with E-state index in [1.165, 1.54) is 6.26 Å². The van der Waals surface area contributed by atoms with Crippen molar-refractivity contribution in [2.75, 3.05) is 6.26 Å². The average Bonchev–Trinajstić information content (AvgIpc) is 2.99. The Bertz CT molecular complexity index is 1500. The number of hydroxylamine groups is 1. The molecule has 0 bridgehead atoms. The standard InChI is InChI=1S/C27H28IN2O4S/c1-26(2,31)24-12-11-21(17-30(32)28-24)18-8-6-9-19(14-18)23-16-22(27(3,4)35(5,33)34)15-20-10-7-13-29-25(20)23/h6-17,31H,1-5H3/q-1. The molecule has 4 rings (SSSR count). The molecule has 184 valence electrons. The van der Waals surface area contributed by atoms with Crippen molar-refractivity contribution in [1.82, 2.24) is 8.26 Å². The van der Waals surface area contributed by atoms with Gasteiger partial charge in [-0.15, -0.1) is 0 Å². The summed E-state index contributed by atoms with van der Waals surface area (Å²) in [6.45, 7) is 6.80. The van der Waals surface area contributed by atoms with Gasteiger partial charge in [0.25, 0.3) is 0 Å². The highest BCUT2D eigenvalue weighted by molar-refractivity contribution is 14.2. The number of hydrogen-bond donors (Lipinski definition) is 1. The number of hydrogen-bond acceptors (Lipinski definition) is 6. The second-order valence-electron chi connectivity index (χ2n) is 9.64. The summed E-state index contributed by atoms with van der Waals surface area (Å²) in [7, 11) is -3.37. The van der Waals surface area contributed by atoms with E-state index in [2.05, 4.69) is 4.98 Å². The second kappa shape index (κ2) is 9.24. The first-order chi connectivity index (χ1) is 16.3. The molecule has 0 amide bonds. The molecule has 0 atom stereocenters. The monoisotopic (exact) mass is 603 g/mol. The topological polar surface area (TPSA) is 93.6 Å². The van der Waals surface area contributed by atoms with Gasteiger partial charge < -0.3 is 13.6 Å². The molecule has 0 saturated heterocycles. The summed E-state index contributed by atoms with van der Waals surface area (Å²) in [6, 6.07) is 15.3. The Morgan fingerprint density at radius 2 is 1.71 bits per heavy atom. The van der Waals surface area contributed by atoms with E-state index in [0.29, 0.717) is 5.56 Å². The number of rotatable bonds is 5. The fraction of sp³-hybridized carbons (Fsp3) is 0.259. The Kier molecular flexibility index (Phi) is 6.78. The smallest absolute Gasteiger partial charge is 0.156 e. The van der Waals surface area contributed by atoms with Crippen molar-refractivity contribution in [2.24, 2.45) is 0 Å². The average molecular weight is 604 g/mol. The molecule has 2 aromatic carbocycles. The van der Waals surface area contributed by atoms with E-state index in [1.807, 2.05) is 60.7 Å². The van der Waals surface area contributed by atoms with Gasteiger partial charge in [-0.1, -0.05) is 30.3 Å². The lowest BCUT2D eigenvalue weighted by Gasteiger charge is -2.25. The van der Waals surface area contributed by atoms with Crippen LogP contribution in [0.4, 0.5) is 0 Å². The Morgan fingerprint density at radius 3 is 2.40 bits per heavy atom. The van der Waals surface area contributed by atoms with Crippen LogP contribution >= 0.6 is 21.0 Å². The Morgan fingerprint density at radius 1 is 1.00 bits per heavy atom. The number of sulfone groups is 1. The van der Waals surface area contributed by atoms with Crippen molar-refractivity contribution < 1.29 is 13.5 Å². The van der Waals surface area contributed by atoms with Gasteiger partial charge in [-0.2, -0.15) is 0 Å². The third-order valence-corrected chi connectivity index (χ3v) is 11.3. The molecular formula is C27H28IN2O4S-. The molecule has 1 aliphatic rings. The van der Waals surface area contributed by atoms with Crippen molar-refractivity contribution in [1.29, 1.82) is 0 Å². The maximum absolute atomic E-state index is 12.6. The van der Waals surface area contributed by atoms with Gasteiger partial charge in [0, 0.05) is 33.1 Å².